The van der Waals surface area contributed by atoms with Crippen LogP contribution in [0.25, 0.3) is 0 Å². The molecule has 2 N–H and O–H groups in total. The van der Waals surface area contributed by atoms with Crippen LogP contribution in [0.15, 0.2) is 42.7 Å². The standard InChI is InChI=1S/C21H27N3O2/c1-5-16-8-7-9-17(6-2)18(16)24-20(26)21(3,4)19(25)23-14-15-10-12-22-13-11-15/h7-13H,5-6,14H2,1-4H3,(H,23,25)(H,24,26). The molecule has 0 fully saturated rings. The molecule has 0 radical (unpaired) electrons. The fourth-order valence-corrected chi connectivity index (χ4v) is 2.68. The van der Waals surface area contributed by atoms with Gasteiger partial charge in [0.25, 0.3) is 0 Å². The van der Waals surface area contributed by atoms with E-state index in [0.717, 1.165) is 35.2 Å². The largest absolute Gasteiger partial charge is 0.351 e. The van der Waals surface area contributed by atoms with Gasteiger partial charge in [0, 0.05) is 24.6 Å². The van der Waals surface area contributed by atoms with Crippen LogP contribution in [0, 0.1) is 5.41 Å². The van der Waals surface area contributed by atoms with Crippen molar-refractivity contribution in [3.8, 4) is 0 Å². The summed E-state index contributed by atoms with van der Waals surface area (Å²) in [6.07, 6.45) is 4.98. The SMILES string of the molecule is CCc1cccc(CC)c1NC(=O)C(C)(C)C(=O)NCc1ccncc1. The van der Waals surface area contributed by atoms with Gasteiger partial charge >= 0.3 is 0 Å². The van der Waals surface area contributed by atoms with E-state index < -0.39 is 5.41 Å². The summed E-state index contributed by atoms with van der Waals surface area (Å²) in [5.74, 6) is -0.612. The van der Waals surface area contributed by atoms with Crippen LogP contribution in [0.3, 0.4) is 0 Å². The first-order valence-electron chi connectivity index (χ1n) is 8.99. The van der Waals surface area contributed by atoms with Crippen molar-refractivity contribution in [1.82, 2.24) is 10.3 Å². The van der Waals surface area contributed by atoms with Crippen LogP contribution in [-0.2, 0) is 29.0 Å². The van der Waals surface area contributed by atoms with Crippen molar-refractivity contribution in [2.24, 2.45) is 5.41 Å². The zero-order valence-electron chi connectivity index (χ0n) is 15.9. The Morgan fingerprint density at radius 3 is 2.08 bits per heavy atom. The highest BCUT2D eigenvalue weighted by molar-refractivity contribution is 6.10. The number of para-hydroxylation sites is 1. The van der Waals surface area contributed by atoms with Gasteiger partial charge in [-0.2, -0.15) is 0 Å². The van der Waals surface area contributed by atoms with Crippen LogP contribution in [-0.4, -0.2) is 16.8 Å². The molecule has 0 aliphatic rings. The molecule has 1 aromatic carbocycles. The zero-order valence-corrected chi connectivity index (χ0v) is 15.9. The van der Waals surface area contributed by atoms with Gasteiger partial charge in [-0.15, -0.1) is 0 Å². The minimum absolute atomic E-state index is 0.305. The number of hydrogen-bond donors (Lipinski definition) is 2. The Morgan fingerprint density at radius 2 is 1.54 bits per heavy atom. The molecule has 2 amide bonds. The maximum absolute atomic E-state index is 12.8. The van der Waals surface area contributed by atoms with Gasteiger partial charge in [0.1, 0.15) is 5.41 Å². The van der Waals surface area contributed by atoms with Gasteiger partial charge in [-0.25, -0.2) is 0 Å². The Bertz CT molecular complexity index is 748. The van der Waals surface area contributed by atoms with Crippen LogP contribution in [0.4, 0.5) is 5.69 Å². The lowest BCUT2D eigenvalue weighted by Crippen LogP contribution is -2.45. The van der Waals surface area contributed by atoms with Gasteiger partial charge in [-0.1, -0.05) is 32.0 Å². The molecule has 0 atom stereocenters. The molecule has 5 heteroatoms. The number of anilines is 1. The maximum Gasteiger partial charge on any atom is 0.239 e. The van der Waals surface area contributed by atoms with Crippen molar-refractivity contribution in [2.75, 3.05) is 5.32 Å². The Labute approximate surface area is 155 Å². The van der Waals surface area contributed by atoms with E-state index in [1.165, 1.54) is 0 Å². The third-order valence-corrected chi connectivity index (χ3v) is 4.58. The molecule has 1 heterocycles. The molecule has 0 saturated heterocycles. The van der Waals surface area contributed by atoms with E-state index in [0.29, 0.717) is 6.54 Å². The van der Waals surface area contributed by atoms with E-state index in [1.54, 1.807) is 26.2 Å². The Kier molecular flexibility index (Phi) is 6.50. The Balaban J connectivity index is 2.11. The first-order chi connectivity index (χ1) is 12.4. The topological polar surface area (TPSA) is 71.1 Å². The fourth-order valence-electron chi connectivity index (χ4n) is 2.68. The molecule has 0 saturated carbocycles. The monoisotopic (exact) mass is 353 g/mol. The molecule has 2 rings (SSSR count). The van der Waals surface area contributed by atoms with Crippen LogP contribution < -0.4 is 10.6 Å². The minimum atomic E-state index is -1.18. The molecule has 2 aromatic rings. The lowest BCUT2D eigenvalue weighted by Gasteiger charge is -2.24. The molecule has 1 aromatic heterocycles. The summed E-state index contributed by atoms with van der Waals surface area (Å²) < 4.78 is 0. The number of aromatic nitrogens is 1. The summed E-state index contributed by atoms with van der Waals surface area (Å²) in [6.45, 7) is 7.76. The number of rotatable bonds is 7. The summed E-state index contributed by atoms with van der Waals surface area (Å²) in [7, 11) is 0. The Morgan fingerprint density at radius 1 is 0.962 bits per heavy atom. The molecular weight excluding hydrogens is 326 g/mol. The van der Waals surface area contributed by atoms with Crippen molar-refractivity contribution in [2.45, 2.75) is 47.1 Å². The molecule has 0 aliphatic heterocycles. The van der Waals surface area contributed by atoms with Crippen LogP contribution >= 0.6 is 0 Å². The van der Waals surface area contributed by atoms with E-state index in [9.17, 15) is 9.59 Å². The second kappa shape index (κ2) is 8.61. The van der Waals surface area contributed by atoms with E-state index in [-0.39, 0.29) is 11.8 Å². The highest BCUT2D eigenvalue weighted by Crippen LogP contribution is 2.26. The lowest BCUT2D eigenvalue weighted by atomic mass is 9.90. The van der Waals surface area contributed by atoms with Gasteiger partial charge in [-0.05, 0) is 55.5 Å². The number of benzene rings is 1. The Hall–Kier alpha value is -2.69. The van der Waals surface area contributed by atoms with Gasteiger partial charge in [0.15, 0.2) is 0 Å². The molecule has 0 spiro atoms. The number of nitrogens with one attached hydrogen (secondary N) is 2. The van der Waals surface area contributed by atoms with Crippen molar-refractivity contribution in [3.05, 3.63) is 59.4 Å². The molecule has 0 aliphatic carbocycles. The predicted octanol–water partition coefficient (Wildman–Crippen LogP) is 3.49. The number of carbonyl (C=O) groups is 2. The fraction of sp³-hybridized carbons (Fsp3) is 0.381. The summed E-state index contributed by atoms with van der Waals surface area (Å²) in [4.78, 5) is 29.4. The highest BCUT2D eigenvalue weighted by atomic mass is 16.2. The molecule has 26 heavy (non-hydrogen) atoms. The van der Waals surface area contributed by atoms with E-state index >= 15 is 0 Å². The van der Waals surface area contributed by atoms with Crippen LogP contribution in [0.5, 0.6) is 0 Å². The summed E-state index contributed by atoms with van der Waals surface area (Å²) >= 11 is 0. The number of pyridine rings is 1. The molecular formula is C21H27N3O2. The third kappa shape index (κ3) is 4.48. The first kappa shape index (κ1) is 19.6. The summed E-state index contributed by atoms with van der Waals surface area (Å²) in [6, 6.07) is 9.67. The number of aryl methyl sites for hydroxylation is 2. The maximum atomic E-state index is 12.8. The third-order valence-electron chi connectivity index (χ3n) is 4.58. The zero-order chi connectivity index (χ0) is 19.2. The van der Waals surface area contributed by atoms with Gasteiger partial charge in [-0.3, -0.25) is 14.6 Å². The average Bonchev–Trinajstić information content (AvgIpc) is 2.66. The number of hydrogen-bond acceptors (Lipinski definition) is 3. The highest BCUT2D eigenvalue weighted by Gasteiger charge is 2.36. The molecule has 138 valence electrons. The van der Waals surface area contributed by atoms with Crippen LogP contribution in [0.2, 0.25) is 0 Å². The summed E-state index contributed by atoms with van der Waals surface area (Å²) in [5, 5.41) is 5.83. The average molecular weight is 353 g/mol. The smallest absolute Gasteiger partial charge is 0.239 e. The van der Waals surface area contributed by atoms with Gasteiger partial charge in [0.2, 0.25) is 11.8 Å². The predicted molar refractivity (Wildman–Crippen MR) is 104 cm³/mol. The van der Waals surface area contributed by atoms with E-state index in [1.807, 2.05) is 30.3 Å². The van der Waals surface area contributed by atoms with Crippen molar-refractivity contribution < 1.29 is 9.59 Å². The second-order valence-electron chi connectivity index (χ2n) is 6.78. The molecule has 5 nitrogen and oxygen atoms in total. The van der Waals surface area contributed by atoms with Crippen LogP contribution in [0.1, 0.15) is 44.4 Å². The van der Waals surface area contributed by atoms with E-state index in [4.69, 9.17) is 0 Å². The van der Waals surface area contributed by atoms with Gasteiger partial charge < -0.3 is 10.6 Å². The number of amides is 2. The van der Waals surface area contributed by atoms with Crippen molar-refractivity contribution in [3.63, 3.8) is 0 Å². The number of carbonyl (C=O) groups excluding carboxylic acids is 2. The van der Waals surface area contributed by atoms with Crippen molar-refractivity contribution >= 4 is 17.5 Å². The normalized spacial score (nSPS) is 11.1. The van der Waals surface area contributed by atoms with E-state index in [2.05, 4.69) is 29.5 Å². The quantitative estimate of drug-likeness (QED) is 0.749. The number of nitrogens with zero attached hydrogens (tertiary/aromatic N) is 1. The minimum Gasteiger partial charge on any atom is -0.351 e. The summed E-state index contributed by atoms with van der Waals surface area (Å²) in [5.41, 5.74) is 2.74. The van der Waals surface area contributed by atoms with Crippen molar-refractivity contribution in [1.29, 1.82) is 0 Å². The van der Waals surface area contributed by atoms with Gasteiger partial charge in [0.05, 0.1) is 0 Å². The first-order valence-corrected chi connectivity index (χ1v) is 8.99. The lowest BCUT2D eigenvalue weighted by molar-refractivity contribution is -0.138. The second-order valence-corrected chi connectivity index (χ2v) is 6.78. The molecule has 0 unspecified atom stereocenters. The molecule has 0 bridgehead atoms.